The third-order valence-corrected chi connectivity index (χ3v) is 1.22. The minimum atomic E-state index is 0. The molecular formula is C6H17NOS. The lowest BCUT2D eigenvalue weighted by Crippen LogP contribution is -2.17. The lowest BCUT2D eigenvalue weighted by molar-refractivity contribution is 0.667. The molecule has 0 aliphatic heterocycles. The Morgan fingerprint density at radius 3 is 2.44 bits per heavy atom. The lowest BCUT2D eigenvalue weighted by atomic mass is 10.3. The van der Waals surface area contributed by atoms with Gasteiger partial charge in [0.05, 0.1) is 0 Å². The number of nitrogens with one attached hydrogen (secondary N) is 1. The lowest BCUT2D eigenvalue weighted by Gasteiger charge is -1.97. The van der Waals surface area contributed by atoms with Crippen LogP contribution in [0, 0.1) is 0 Å². The zero-order valence-corrected chi connectivity index (χ0v) is 6.88. The first kappa shape index (κ1) is 12.0. The topological polar surface area (TPSA) is 43.5 Å². The molecule has 0 bridgehead atoms. The molecule has 2 nitrogen and oxygen atoms in total. The van der Waals surface area contributed by atoms with E-state index in [2.05, 4.69) is 24.9 Å². The zero-order chi connectivity index (χ0) is 6.24. The Morgan fingerprint density at radius 1 is 1.33 bits per heavy atom. The second-order valence-electron chi connectivity index (χ2n) is 1.83. The van der Waals surface area contributed by atoms with Gasteiger partial charge in [0.15, 0.2) is 0 Å². The van der Waals surface area contributed by atoms with E-state index in [0.717, 1.165) is 18.8 Å². The molecule has 0 saturated carbocycles. The second kappa shape index (κ2) is 11.1. The van der Waals surface area contributed by atoms with Crippen LogP contribution in [0.4, 0.5) is 0 Å². The van der Waals surface area contributed by atoms with E-state index in [1.165, 1.54) is 12.8 Å². The fraction of sp³-hybridized carbons (Fsp3) is 1.00. The van der Waals surface area contributed by atoms with Gasteiger partial charge in [-0.15, -0.1) is 0 Å². The summed E-state index contributed by atoms with van der Waals surface area (Å²) in [4.78, 5) is 0. The molecule has 0 fully saturated rings. The smallest absolute Gasteiger partial charge is 0.00397 e. The van der Waals surface area contributed by atoms with Gasteiger partial charge in [-0.3, -0.25) is 0 Å². The quantitative estimate of drug-likeness (QED) is 0.435. The maximum atomic E-state index is 4.06. The van der Waals surface area contributed by atoms with Crippen LogP contribution in [0.15, 0.2) is 0 Å². The molecule has 0 atom stereocenters. The third-order valence-electron chi connectivity index (χ3n) is 0.996. The first-order valence-corrected chi connectivity index (χ1v) is 3.86. The summed E-state index contributed by atoms with van der Waals surface area (Å²) in [6, 6.07) is 0. The highest BCUT2D eigenvalue weighted by molar-refractivity contribution is 7.80. The number of rotatable bonds is 5. The molecule has 0 aliphatic carbocycles. The van der Waals surface area contributed by atoms with E-state index in [1.54, 1.807) is 0 Å². The van der Waals surface area contributed by atoms with Crippen molar-refractivity contribution in [3.63, 3.8) is 0 Å². The van der Waals surface area contributed by atoms with Crippen LogP contribution in [0.3, 0.4) is 0 Å². The maximum absolute atomic E-state index is 4.06. The van der Waals surface area contributed by atoms with Crippen molar-refractivity contribution in [3.8, 4) is 0 Å². The summed E-state index contributed by atoms with van der Waals surface area (Å²) in [6.45, 7) is 4.39. The predicted molar refractivity (Wildman–Crippen MR) is 45.2 cm³/mol. The molecule has 0 aromatic rings. The average Bonchev–Trinajstić information content (AvgIpc) is 1.81. The molecule has 0 rings (SSSR count). The molecule has 3 N–H and O–H groups in total. The standard InChI is InChI=1S/C6H15NS.H2O/c1-2-3-4-7-5-6-8;/h7-8H,2-6H2,1H3;1H2. The molecule has 0 spiro atoms. The molecule has 9 heavy (non-hydrogen) atoms. The van der Waals surface area contributed by atoms with Gasteiger partial charge in [0.2, 0.25) is 0 Å². The van der Waals surface area contributed by atoms with Crippen LogP contribution in [0.1, 0.15) is 19.8 Å². The Balaban J connectivity index is 0. The number of unbranched alkanes of at least 4 members (excludes halogenated alkanes) is 1. The molecule has 0 unspecified atom stereocenters. The van der Waals surface area contributed by atoms with Gasteiger partial charge < -0.3 is 10.8 Å². The van der Waals surface area contributed by atoms with Crippen molar-refractivity contribution < 1.29 is 5.48 Å². The maximum Gasteiger partial charge on any atom is 0.00397 e. The van der Waals surface area contributed by atoms with E-state index in [1.807, 2.05) is 0 Å². The largest absolute Gasteiger partial charge is 0.412 e. The number of thiol groups is 1. The highest BCUT2D eigenvalue weighted by Gasteiger charge is 1.80. The van der Waals surface area contributed by atoms with Crippen molar-refractivity contribution in [1.29, 1.82) is 0 Å². The molecule has 0 aromatic heterocycles. The molecule has 58 valence electrons. The molecule has 0 saturated heterocycles. The van der Waals surface area contributed by atoms with Gasteiger partial charge in [0, 0.05) is 12.3 Å². The first-order valence-electron chi connectivity index (χ1n) is 3.23. The van der Waals surface area contributed by atoms with E-state index in [0.29, 0.717) is 0 Å². The summed E-state index contributed by atoms with van der Waals surface area (Å²) in [6.07, 6.45) is 2.56. The van der Waals surface area contributed by atoms with Crippen LogP contribution in [-0.4, -0.2) is 24.3 Å². The van der Waals surface area contributed by atoms with Gasteiger partial charge in [0.25, 0.3) is 0 Å². The van der Waals surface area contributed by atoms with Crippen molar-refractivity contribution in [3.05, 3.63) is 0 Å². The molecular weight excluding hydrogens is 134 g/mol. The Kier molecular flexibility index (Phi) is 14.8. The van der Waals surface area contributed by atoms with Crippen LogP contribution in [0.2, 0.25) is 0 Å². The fourth-order valence-corrected chi connectivity index (χ4v) is 0.664. The highest BCUT2D eigenvalue weighted by Crippen LogP contribution is 1.81. The van der Waals surface area contributed by atoms with E-state index in [-0.39, 0.29) is 5.48 Å². The normalized spacial score (nSPS) is 8.67. The number of hydrogen-bond donors (Lipinski definition) is 2. The highest BCUT2D eigenvalue weighted by atomic mass is 32.1. The van der Waals surface area contributed by atoms with Gasteiger partial charge in [-0.05, 0) is 13.0 Å². The summed E-state index contributed by atoms with van der Waals surface area (Å²) in [5, 5.41) is 3.26. The minimum absolute atomic E-state index is 0. The minimum Gasteiger partial charge on any atom is -0.412 e. The Labute approximate surface area is 62.7 Å². The van der Waals surface area contributed by atoms with E-state index < -0.39 is 0 Å². The van der Waals surface area contributed by atoms with E-state index in [4.69, 9.17) is 0 Å². The van der Waals surface area contributed by atoms with Crippen molar-refractivity contribution in [2.24, 2.45) is 0 Å². The molecule has 0 radical (unpaired) electrons. The Bertz CT molecular complexity index is 38.0. The van der Waals surface area contributed by atoms with Crippen molar-refractivity contribution in [1.82, 2.24) is 5.32 Å². The van der Waals surface area contributed by atoms with Crippen LogP contribution in [-0.2, 0) is 0 Å². The summed E-state index contributed by atoms with van der Waals surface area (Å²) >= 11 is 4.06. The fourth-order valence-electron chi connectivity index (χ4n) is 0.506. The van der Waals surface area contributed by atoms with Crippen LogP contribution < -0.4 is 5.32 Å². The van der Waals surface area contributed by atoms with Crippen LogP contribution in [0.5, 0.6) is 0 Å². The van der Waals surface area contributed by atoms with Crippen molar-refractivity contribution in [2.45, 2.75) is 19.8 Å². The van der Waals surface area contributed by atoms with E-state index >= 15 is 0 Å². The van der Waals surface area contributed by atoms with Gasteiger partial charge in [0.1, 0.15) is 0 Å². The number of hydrogen-bond acceptors (Lipinski definition) is 2. The Hall–Kier alpha value is 0.270. The third kappa shape index (κ3) is 11.7. The summed E-state index contributed by atoms with van der Waals surface area (Å²) in [5.74, 6) is 0.948. The SMILES string of the molecule is CCCCNCCS.O. The van der Waals surface area contributed by atoms with Gasteiger partial charge in [-0.25, -0.2) is 0 Å². The van der Waals surface area contributed by atoms with Gasteiger partial charge in [-0.1, -0.05) is 13.3 Å². The summed E-state index contributed by atoms with van der Waals surface area (Å²) < 4.78 is 0. The van der Waals surface area contributed by atoms with Crippen LogP contribution >= 0.6 is 12.6 Å². The second-order valence-corrected chi connectivity index (χ2v) is 2.27. The van der Waals surface area contributed by atoms with Gasteiger partial charge >= 0.3 is 0 Å². The van der Waals surface area contributed by atoms with E-state index in [9.17, 15) is 0 Å². The van der Waals surface area contributed by atoms with Crippen LogP contribution in [0.25, 0.3) is 0 Å². The molecule has 0 aromatic carbocycles. The molecule has 0 heterocycles. The van der Waals surface area contributed by atoms with Crippen molar-refractivity contribution >= 4 is 12.6 Å². The Morgan fingerprint density at radius 2 is 2.00 bits per heavy atom. The first-order chi connectivity index (χ1) is 3.91. The predicted octanol–water partition coefficient (Wildman–Crippen LogP) is 0.481. The van der Waals surface area contributed by atoms with Gasteiger partial charge in [-0.2, -0.15) is 12.6 Å². The molecule has 0 aliphatic rings. The molecule has 3 heteroatoms. The summed E-state index contributed by atoms with van der Waals surface area (Å²) in [7, 11) is 0. The zero-order valence-electron chi connectivity index (χ0n) is 5.98. The monoisotopic (exact) mass is 151 g/mol. The molecule has 0 amide bonds. The summed E-state index contributed by atoms with van der Waals surface area (Å²) in [5.41, 5.74) is 0. The van der Waals surface area contributed by atoms with Crippen molar-refractivity contribution in [2.75, 3.05) is 18.8 Å². The average molecular weight is 151 g/mol.